The van der Waals surface area contributed by atoms with Gasteiger partial charge >= 0.3 is 0 Å². The molecule has 1 aliphatic heterocycles. The van der Waals surface area contributed by atoms with Crippen LogP contribution in [0.4, 0.5) is 0 Å². The lowest BCUT2D eigenvalue weighted by Crippen LogP contribution is -2.40. The predicted molar refractivity (Wildman–Crippen MR) is 67.5 cm³/mol. The van der Waals surface area contributed by atoms with Crippen molar-refractivity contribution in [3.05, 3.63) is 17.8 Å². The highest BCUT2D eigenvalue weighted by atomic mass is 16.3. The van der Waals surface area contributed by atoms with Gasteiger partial charge in [-0.2, -0.15) is 0 Å². The molecule has 0 radical (unpaired) electrons. The van der Waals surface area contributed by atoms with Crippen LogP contribution in [-0.2, 0) is 13.0 Å². The summed E-state index contributed by atoms with van der Waals surface area (Å²) in [5.74, 6) is 1.52. The topological polar surface area (TPSA) is 55.3 Å². The van der Waals surface area contributed by atoms with Crippen LogP contribution in [0.5, 0.6) is 0 Å². The summed E-state index contributed by atoms with van der Waals surface area (Å²) in [5.41, 5.74) is 6.39. The van der Waals surface area contributed by atoms with Crippen molar-refractivity contribution in [1.82, 2.24) is 9.88 Å². The SMILES string of the molecule is CC(C)N1CCCC(Cc2nc(CN)co2)C1. The number of rotatable bonds is 4. The van der Waals surface area contributed by atoms with E-state index < -0.39 is 0 Å². The Balaban J connectivity index is 1.90. The largest absolute Gasteiger partial charge is 0.449 e. The highest BCUT2D eigenvalue weighted by molar-refractivity contribution is 4.97. The van der Waals surface area contributed by atoms with Gasteiger partial charge in [0.25, 0.3) is 0 Å². The second-order valence-corrected chi connectivity index (χ2v) is 5.24. The first-order valence-corrected chi connectivity index (χ1v) is 6.56. The molecule has 4 heteroatoms. The minimum Gasteiger partial charge on any atom is -0.449 e. The second-order valence-electron chi connectivity index (χ2n) is 5.24. The fourth-order valence-electron chi connectivity index (χ4n) is 2.52. The van der Waals surface area contributed by atoms with Gasteiger partial charge in [0.1, 0.15) is 6.26 Å². The van der Waals surface area contributed by atoms with Crippen LogP contribution < -0.4 is 5.73 Å². The van der Waals surface area contributed by atoms with E-state index in [0.717, 1.165) is 24.6 Å². The van der Waals surface area contributed by atoms with Crippen LogP contribution >= 0.6 is 0 Å². The third kappa shape index (κ3) is 3.30. The molecular formula is C13H23N3O. The Bertz CT molecular complexity index is 348. The van der Waals surface area contributed by atoms with Crippen molar-refractivity contribution in [3.63, 3.8) is 0 Å². The van der Waals surface area contributed by atoms with Crippen LogP contribution in [0.2, 0.25) is 0 Å². The van der Waals surface area contributed by atoms with Gasteiger partial charge in [-0.1, -0.05) is 0 Å². The van der Waals surface area contributed by atoms with Gasteiger partial charge < -0.3 is 15.1 Å². The molecule has 0 bridgehead atoms. The zero-order chi connectivity index (χ0) is 12.3. The summed E-state index contributed by atoms with van der Waals surface area (Å²) >= 11 is 0. The minimum atomic E-state index is 0.465. The number of piperidine rings is 1. The lowest BCUT2D eigenvalue weighted by molar-refractivity contribution is 0.136. The van der Waals surface area contributed by atoms with Crippen molar-refractivity contribution >= 4 is 0 Å². The molecule has 0 spiro atoms. The summed E-state index contributed by atoms with van der Waals surface area (Å²) in [4.78, 5) is 6.93. The van der Waals surface area contributed by atoms with Crippen LogP contribution in [-0.4, -0.2) is 29.0 Å². The third-order valence-corrected chi connectivity index (χ3v) is 3.55. The van der Waals surface area contributed by atoms with Gasteiger partial charge in [0.05, 0.1) is 5.69 Å². The van der Waals surface area contributed by atoms with Crippen molar-refractivity contribution in [3.8, 4) is 0 Å². The molecule has 2 N–H and O–H groups in total. The predicted octanol–water partition coefficient (Wildman–Crippen LogP) is 1.80. The molecule has 1 fully saturated rings. The molecule has 1 atom stereocenters. The van der Waals surface area contributed by atoms with Gasteiger partial charge in [-0.15, -0.1) is 0 Å². The van der Waals surface area contributed by atoms with E-state index in [1.54, 1.807) is 6.26 Å². The number of hydrogen-bond donors (Lipinski definition) is 1. The van der Waals surface area contributed by atoms with Crippen LogP contribution in [0, 0.1) is 5.92 Å². The molecule has 0 aliphatic carbocycles. The Morgan fingerprint density at radius 2 is 2.41 bits per heavy atom. The first kappa shape index (κ1) is 12.6. The molecule has 17 heavy (non-hydrogen) atoms. The van der Waals surface area contributed by atoms with Gasteiger partial charge in [0.2, 0.25) is 0 Å². The molecule has 1 saturated heterocycles. The summed E-state index contributed by atoms with van der Waals surface area (Å²) in [6.45, 7) is 7.39. The molecule has 1 aliphatic rings. The molecule has 96 valence electrons. The maximum absolute atomic E-state index is 5.53. The number of nitrogens with two attached hydrogens (primary N) is 1. The zero-order valence-electron chi connectivity index (χ0n) is 10.9. The molecular weight excluding hydrogens is 214 g/mol. The van der Waals surface area contributed by atoms with Crippen molar-refractivity contribution in [2.24, 2.45) is 11.7 Å². The summed E-state index contributed by atoms with van der Waals surface area (Å²) in [6.07, 6.45) is 5.19. The summed E-state index contributed by atoms with van der Waals surface area (Å²) < 4.78 is 5.44. The zero-order valence-corrected chi connectivity index (χ0v) is 10.9. The second kappa shape index (κ2) is 5.65. The van der Waals surface area contributed by atoms with Crippen LogP contribution in [0.25, 0.3) is 0 Å². The Kier molecular flexibility index (Phi) is 4.18. The lowest BCUT2D eigenvalue weighted by Gasteiger charge is -2.35. The van der Waals surface area contributed by atoms with E-state index in [9.17, 15) is 0 Å². The fraction of sp³-hybridized carbons (Fsp3) is 0.769. The molecule has 1 aromatic heterocycles. The molecule has 0 aromatic carbocycles. The fourth-order valence-corrected chi connectivity index (χ4v) is 2.52. The van der Waals surface area contributed by atoms with E-state index in [4.69, 9.17) is 10.2 Å². The molecule has 2 rings (SSSR count). The van der Waals surface area contributed by atoms with Gasteiger partial charge in [-0.3, -0.25) is 0 Å². The Hall–Kier alpha value is -0.870. The quantitative estimate of drug-likeness (QED) is 0.867. The van der Waals surface area contributed by atoms with Crippen molar-refractivity contribution in [2.45, 2.75) is 45.7 Å². The van der Waals surface area contributed by atoms with Crippen LogP contribution in [0.1, 0.15) is 38.3 Å². The van der Waals surface area contributed by atoms with Crippen LogP contribution in [0.3, 0.4) is 0 Å². The molecule has 2 heterocycles. The van der Waals surface area contributed by atoms with Gasteiger partial charge in [0.15, 0.2) is 5.89 Å². The average molecular weight is 237 g/mol. The number of aromatic nitrogens is 1. The summed E-state index contributed by atoms with van der Waals surface area (Å²) in [7, 11) is 0. The summed E-state index contributed by atoms with van der Waals surface area (Å²) in [6, 6.07) is 0.641. The standard InChI is InChI=1S/C13H23N3O/c1-10(2)16-5-3-4-11(8-16)6-13-15-12(7-14)9-17-13/h9-11H,3-8,14H2,1-2H3. The maximum atomic E-state index is 5.53. The molecule has 1 aromatic rings. The van der Waals surface area contributed by atoms with E-state index in [1.807, 2.05) is 0 Å². The number of oxazole rings is 1. The Morgan fingerprint density at radius 3 is 3.06 bits per heavy atom. The lowest BCUT2D eigenvalue weighted by atomic mass is 9.94. The minimum absolute atomic E-state index is 0.465. The van der Waals surface area contributed by atoms with Crippen LogP contribution in [0.15, 0.2) is 10.7 Å². The van der Waals surface area contributed by atoms with Crippen molar-refractivity contribution < 1.29 is 4.42 Å². The van der Waals surface area contributed by atoms with E-state index in [2.05, 4.69) is 23.7 Å². The highest BCUT2D eigenvalue weighted by Crippen LogP contribution is 2.21. The Morgan fingerprint density at radius 1 is 1.59 bits per heavy atom. The number of likely N-dealkylation sites (tertiary alicyclic amines) is 1. The van der Waals surface area contributed by atoms with E-state index in [1.165, 1.54) is 19.4 Å². The van der Waals surface area contributed by atoms with E-state index in [0.29, 0.717) is 18.5 Å². The number of nitrogens with zero attached hydrogens (tertiary/aromatic N) is 2. The molecule has 0 saturated carbocycles. The van der Waals surface area contributed by atoms with E-state index >= 15 is 0 Å². The number of hydrogen-bond acceptors (Lipinski definition) is 4. The molecule has 4 nitrogen and oxygen atoms in total. The smallest absolute Gasteiger partial charge is 0.194 e. The maximum Gasteiger partial charge on any atom is 0.194 e. The first-order valence-electron chi connectivity index (χ1n) is 6.56. The van der Waals surface area contributed by atoms with Gasteiger partial charge in [-0.05, 0) is 39.2 Å². The van der Waals surface area contributed by atoms with Crippen molar-refractivity contribution in [2.75, 3.05) is 13.1 Å². The Labute approximate surface area is 103 Å². The third-order valence-electron chi connectivity index (χ3n) is 3.55. The van der Waals surface area contributed by atoms with Gasteiger partial charge in [-0.25, -0.2) is 4.98 Å². The highest BCUT2D eigenvalue weighted by Gasteiger charge is 2.23. The monoisotopic (exact) mass is 237 g/mol. The average Bonchev–Trinajstić information content (AvgIpc) is 2.77. The molecule has 1 unspecified atom stereocenters. The molecule has 0 amide bonds. The summed E-state index contributed by atoms with van der Waals surface area (Å²) in [5, 5.41) is 0. The van der Waals surface area contributed by atoms with E-state index in [-0.39, 0.29) is 0 Å². The van der Waals surface area contributed by atoms with Crippen molar-refractivity contribution in [1.29, 1.82) is 0 Å². The normalized spacial score (nSPS) is 22.2. The van der Waals surface area contributed by atoms with Gasteiger partial charge in [0, 0.05) is 25.6 Å². The first-order chi connectivity index (χ1) is 8.19.